The standard InChI is InChI=1S/C10H17NO5S/c12-10(13)9-2-1-5-11(9)17(14,15)8-3-6-16-7-4-8/h8-9H,1-7H2,(H,12,13)/t9-/m1/s1. The van der Waals surface area contributed by atoms with Crippen molar-refractivity contribution in [1.29, 1.82) is 0 Å². The van der Waals surface area contributed by atoms with Crippen molar-refractivity contribution in [2.24, 2.45) is 0 Å². The summed E-state index contributed by atoms with van der Waals surface area (Å²) < 4.78 is 30.9. The average molecular weight is 263 g/mol. The third-order valence-electron chi connectivity index (χ3n) is 3.41. The molecule has 2 aliphatic heterocycles. The number of hydrogen-bond donors (Lipinski definition) is 1. The van der Waals surface area contributed by atoms with Crippen LogP contribution in [0, 0.1) is 0 Å². The zero-order chi connectivity index (χ0) is 12.5. The van der Waals surface area contributed by atoms with Crippen LogP contribution in [-0.4, -0.2) is 54.8 Å². The van der Waals surface area contributed by atoms with Gasteiger partial charge in [0.15, 0.2) is 0 Å². The normalized spacial score (nSPS) is 28.4. The molecule has 1 N–H and O–H groups in total. The Morgan fingerprint density at radius 3 is 2.47 bits per heavy atom. The lowest BCUT2D eigenvalue weighted by Crippen LogP contribution is -2.46. The van der Waals surface area contributed by atoms with E-state index in [0.29, 0.717) is 45.4 Å². The third kappa shape index (κ3) is 2.46. The van der Waals surface area contributed by atoms with Crippen molar-refractivity contribution in [3.8, 4) is 0 Å². The van der Waals surface area contributed by atoms with Crippen molar-refractivity contribution in [1.82, 2.24) is 4.31 Å². The van der Waals surface area contributed by atoms with E-state index in [1.165, 1.54) is 4.31 Å². The highest BCUT2D eigenvalue weighted by molar-refractivity contribution is 7.89. The average Bonchev–Trinajstić information content (AvgIpc) is 2.80. The molecule has 17 heavy (non-hydrogen) atoms. The zero-order valence-electron chi connectivity index (χ0n) is 9.54. The summed E-state index contributed by atoms with van der Waals surface area (Å²) in [5, 5.41) is 8.54. The second kappa shape index (κ2) is 4.91. The first kappa shape index (κ1) is 12.8. The van der Waals surface area contributed by atoms with Gasteiger partial charge in [-0.2, -0.15) is 4.31 Å². The SMILES string of the molecule is O=C(O)[C@H]1CCCN1S(=O)(=O)C1CCOCC1. The molecular formula is C10H17NO5S. The summed E-state index contributed by atoms with van der Waals surface area (Å²) in [5.74, 6) is -1.04. The highest BCUT2D eigenvalue weighted by Crippen LogP contribution is 2.27. The number of aliphatic carboxylic acids is 1. The Morgan fingerprint density at radius 2 is 1.88 bits per heavy atom. The van der Waals surface area contributed by atoms with Crippen LogP contribution in [0.15, 0.2) is 0 Å². The van der Waals surface area contributed by atoms with Crippen molar-refractivity contribution >= 4 is 16.0 Å². The molecule has 0 radical (unpaired) electrons. The van der Waals surface area contributed by atoms with E-state index in [2.05, 4.69) is 0 Å². The van der Waals surface area contributed by atoms with Gasteiger partial charge < -0.3 is 9.84 Å². The van der Waals surface area contributed by atoms with Crippen LogP contribution >= 0.6 is 0 Å². The van der Waals surface area contributed by atoms with E-state index in [-0.39, 0.29) is 0 Å². The van der Waals surface area contributed by atoms with Crippen LogP contribution in [0.3, 0.4) is 0 Å². The maximum absolute atomic E-state index is 12.3. The molecule has 0 aromatic heterocycles. The topological polar surface area (TPSA) is 83.9 Å². The van der Waals surface area contributed by atoms with Crippen molar-refractivity contribution in [2.75, 3.05) is 19.8 Å². The molecule has 2 rings (SSSR count). The maximum atomic E-state index is 12.3. The quantitative estimate of drug-likeness (QED) is 0.777. The number of hydrogen-bond acceptors (Lipinski definition) is 4. The van der Waals surface area contributed by atoms with Gasteiger partial charge in [0.05, 0.1) is 5.25 Å². The van der Waals surface area contributed by atoms with E-state index >= 15 is 0 Å². The molecule has 0 aliphatic carbocycles. The summed E-state index contributed by atoms with van der Waals surface area (Å²) in [7, 11) is -3.48. The van der Waals surface area contributed by atoms with E-state index in [0.717, 1.165) is 0 Å². The van der Waals surface area contributed by atoms with Gasteiger partial charge in [0.2, 0.25) is 10.0 Å². The van der Waals surface area contributed by atoms with E-state index in [4.69, 9.17) is 9.84 Å². The molecule has 6 nitrogen and oxygen atoms in total. The summed E-state index contributed by atoms with van der Waals surface area (Å²) in [6.07, 6.45) is 1.97. The molecule has 2 fully saturated rings. The van der Waals surface area contributed by atoms with Gasteiger partial charge >= 0.3 is 5.97 Å². The number of sulfonamides is 1. The molecule has 0 saturated carbocycles. The van der Waals surface area contributed by atoms with Gasteiger partial charge in [0.25, 0.3) is 0 Å². The third-order valence-corrected chi connectivity index (χ3v) is 5.81. The van der Waals surface area contributed by atoms with Crippen LogP contribution in [0.2, 0.25) is 0 Å². The largest absolute Gasteiger partial charge is 0.480 e. The van der Waals surface area contributed by atoms with Crippen molar-refractivity contribution in [3.63, 3.8) is 0 Å². The van der Waals surface area contributed by atoms with E-state index in [1.807, 2.05) is 0 Å². The van der Waals surface area contributed by atoms with Crippen LogP contribution in [0.4, 0.5) is 0 Å². The summed E-state index contributed by atoms with van der Waals surface area (Å²) in [5.41, 5.74) is 0. The maximum Gasteiger partial charge on any atom is 0.322 e. The first-order chi connectivity index (χ1) is 8.03. The number of carbonyl (C=O) groups is 1. The molecule has 98 valence electrons. The number of rotatable bonds is 3. The monoisotopic (exact) mass is 263 g/mol. The molecule has 0 unspecified atom stereocenters. The first-order valence-electron chi connectivity index (χ1n) is 5.84. The Bertz CT molecular complexity index is 388. The number of nitrogens with zero attached hydrogens (tertiary/aromatic N) is 1. The van der Waals surface area contributed by atoms with Crippen LogP contribution < -0.4 is 0 Å². The Labute approximate surface area is 101 Å². The Balaban J connectivity index is 2.16. The Kier molecular flexibility index (Phi) is 3.70. The van der Waals surface area contributed by atoms with Crippen molar-refractivity contribution in [2.45, 2.75) is 37.0 Å². The van der Waals surface area contributed by atoms with Crippen LogP contribution in [-0.2, 0) is 19.6 Å². The summed E-state index contributed by atoms with van der Waals surface area (Å²) >= 11 is 0. The van der Waals surface area contributed by atoms with Crippen LogP contribution in [0.25, 0.3) is 0 Å². The molecule has 2 saturated heterocycles. The molecule has 2 aliphatic rings. The van der Waals surface area contributed by atoms with Gasteiger partial charge in [-0.1, -0.05) is 0 Å². The highest BCUT2D eigenvalue weighted by atomic mass is 32.2. The fourth-order valence-corrected chi connectivity index (χ4v) is 4.56. The summed E-state index contributed by atoms with van der Waals surface area (Å²) in [6.45, 7) is 1.21. The van der Waals surface area contributed by atoms with Gasteiger partial charge in [0, 0.05) is 19.8 Å². The van der Waals surface area contributed by atoms with Gasteiger partial charge in [-0.15, -0.1) is 0 Å². The smallest absolute Gasteiger partial charge is 0.322 e. The molecule has 0 aromatic carbocycles. The van der Waals surface area contributed by atoms with Gasteiger partial charge in [-0.05, 0) is 25.7 Å². The van der Waals surface area contributed by atoms with Gasteiger partial charge in [0.1, 0.15) is 6.04 Å². The first-order valence-corrected chi connectivity index (χ1v) is 7.35. The molecule has 0 spiro atoms. The predicted octanol–water partition coefficient (Wildman–Crippen LogP) is 0.0442. The fraction of sp³-hybridized carbons (Fsp3) is 0.900. The number of ether oxygens (including phenoxy) is 1. The number of carboxylic acids is 1. The minimum Gasteiger partial charge on any atom is -0.480 e. The van der Waals surface area contributed by atoms with Crippen LogP contribution in [0.1, 0.15) is 25.7 Å². The summed E-state index contributed by atoms with van der Waals surface area (Å²) in [6, 6.07) is -0.872. The van der Waals surface area contributed by atoms with E-state index < -0.39 is 27.3 Å². The van der Waals surface area contributed by atoms with Crippen molar-refractivity contribution in [3.05, 3.63) is 0 Å². The Hall–Kier alpha value is -0.660. The highest BCUT2D eigenvalue weighted by Gasteiger charge is 2.42. The predicted molar refractivity (Wildman–Crippen MR) is 60.1 cm³/mol. The zero-order valence-corrected chi connectivity index (χ0v) is 10.4. The number of carboxylic acid groups (broad SMARTS) is 1. The minimum atomic E-state index is -3.48. The lowest BCUT2D eigenvalue weighted by Gasteiger charge is -2.29. The van der Waals surface area contributed by atoms with E-state index in [1.54, 1.807) is 0 Å². The molecule has 7 heteroatoms. The fourth-order valence-electron chi connectivity index (χ4n) is 2.46. The second-order valence-electron chi connectivity index (χ2n) is 4.46. The molecule has 0 bridgehead atoms. The second-order valence-corrected chi connectivity index (χ2v) is 6.63. The molecule has 0 aromatic rings. The molecule has 2 heterocycles. The van der Waals surface area contributed by atoms with Crippen LogP contribution in [0.5, 0.6) is 0 Å². The summed E-state index contributed by atoms with van der Waals surface area (Å²) in [4.78, 5) is 11.0. The Morgan fingerprint density at radius 1 is 1.24 bits per heavy atom. The van der Waals surface area contributed by atoms with Gasteiger partial charge in [-0.25, -0.2) is 8.42 Å². The lowest BCUT2D eigenvalue weighted by atomic mass is 10.2. The lowest BCUT2D eigenvalue weighted by molar-refractivity contribution is -0.140. The molecule has 1 atom stereocenters. The molecular weight excluding hydrogens is 246 g/mol. The van der Waals surface area contributed by atoms with Crippen molar-refractivity contribution < 1.29 is 23.1 Å². The van der Waals surface area contributed by atoms with Gasteiger partial charge in [-0.3, -0.25) is 4.79 Å². The minimum absolute atomic E-state index is 0.330. The van der Waals surface area contributed by atoms with E-state index in [9.17, 15) is 13.2 Å². The molecule has 0 amide bonds.